The van der Waals surface area contributed by atoms with E-state index in [4.69, 9.17) is 11.1 Å². The molecule has 9 heteroatoms. The first-order chi connectivity index (χ1) is 8.38. The molecule has 0 saturated heterocycles. The van der Waals surface area contributed by atoms with Crippen LogP contribution >= 0.6 is 0 Å². The Bertz CT molecular complexity index is 705. The number of sulfone groups is 1. The number of nitrogens with two attached hydrogens (primary N) is 1. The molecule has 0 unspecified atom stereocenters. The van der Waals surface area contributed by atoms with Crippen molar-refractivity contribution < 1.29 is 8.42 Å². The molecule has 0 aromatic carbocycles. The van der Waals surface area contributed by atoms with Crippen molar-refractivity contribution in [3.05, 3.63) is 30.5 Å². The molecule has 0 spiro atoms. The van der Waals surface area contributed by atoms with Crippen LogP contribution in [-0.4, -0.2) is 40.3 Å². The molecule has 0 radical (unpaired) electrons. The Balaban J connectivity index is 2.46. The maximum atomic E-state index is 11.3. The molecule has 8 nitrogen and oxygen atoms in total. The minimum absolute atomic E-state index is 0.0592. The van der Waals surface area contributed by atoms with Gasteiger partial charge in [0.1, 0.15) is 4.90 Å². The van der Waals surface area contributed by atoms with E-state index in [0.717, 1.165) is 6.26 Å². The Morgan fingerprint density at radius 3 is 2.78 bits per heavy atom. The van der Waals surface area contributed by atoms with Crippen molar-refractivity contribution in [2.75, 3.05) is 6.26 Å². The van der Waals surface area contributed by atoms with Gasteiger partial charge in [-0.2, -0.15) is 5.10 Å². The number of nitrogens with zero attached hydrogens (tertiary/aromatic N) is 4. The SMILES string of the molecule is CS(=O)(=O)c1cnn(-c2ccnc(C(=N)N)n2)c1. The lowest BCUT2D eigenvalue weighted by Gasteiger charge is -2.01. The zero-order valence-electron chi connectivity index (χ0n) is 9.40. The third-order valence-electron chi connectivity index (χ3n) is 2.10. The summed E-state index contributed by atoms with van der Waals surface area (Å²) in [4.78, 5) is 7.87. The molecule has 0 bridgehead atoms. The highest BCUT2D eigenvalue weighted by Crippen LogP contribution is 2.10. The minimum Gasteiger partial charge on any atom is -0.381 e. The molecule has 94 valence electrons. The molecule has 2 aromatic rings. The lowest BCUT2D eigenvalue weighted by Crippen LogP contribution is -2.16. The molecular weight excluding hydrogens is 256 g/mol. The standard InChI is InChI=1S/C9H10N6O2S/c1-18(16,17)6-4-13-15(5-6)7-2-3-12-9(14-7)8(10)11/h2-5H,1H3,(H3,10,11). The molecule has 3 N–H and O–H groups in total. The molecule has 0 amide bonds. The van der Waals surface area contributed by atoms with Crippen LogP contribution in [0.4, 0.5) is 0 Å². The van der Waals surface area contributed by atoms with Crippen LogP contribution in [0.25, 0.3) is 5.82 Å². The fourth-order valence-corrected chi connectivity index (χ4v) is 1.76. The molecule has 2 aromatic heterocycles. The molecule has 0 saturated carbocycles. The summed E-state index contributed by atoms with van der Waals surface area (Å²) in [5, 5.41) is 11.1. The van der Waals surface area contributed by atoms with Crippen molar-refractivity contribution in [1.29, 1.82) is 5.41 Å². The second kappa shape index (κ2) is 4.18. The van der Waals surface area contributed by atoms with Gasteiger partial charge in [0.25, 0.3) is 0 Å². The van der Waals surface area contributed by atoms with Crippen molar-refractivity contribution in [2.45, 2.75) is 4.90 Å². The molecule has 2 heterocycles. The summed E-state index contributed by atoms with van der Waals surface area (Å²) in [7, 11) is -3.31. The number of amidine groups is 1. The monoisotopic (exact) mass is 266 g/mol. The second-order valence-electron chi connectivity index (χ2n) is 3.54. The predicted molar refractivity (Wildman–Crippen MR) is 63.3 cm³/mol. The first-order valence-corrected chi connectivity index (χ1v) is 6.69. The fourth-order valence-electron chi connectivity index (χ4n) is 1.23. The summed E-state index contributed by atoms with van der Waals surface area (Å²) in [6.07, 6.45) is 5.07. The van der Waals surface area contributed by atoms with Gasteiger partial charge < -0.3 is 5.73 Å². The quantitative estimate of drug-likeness (QED) is 0.561. The fraction of sp³-hybridized carbons (Fsp3) is 0.111. The van der Waals surface area contributed by atoms with E-state index in [2.05, 4.69) is 15.1 Å². The molecule has 18 heavy (non-hydrogen) atoms. The molecule has 0 atom stereocenters. The Kier molecular flexibility index (Phi) is 2.83. The topological polar surface area (TPSA) is 128 Å². The zero-order valence-corrected chi connectivity index (χ0v) is 10.2. The van der Waals surface area contributed by atoms with E-state index in [9.17, 15) is 8.42 Å². The molecule has 0 aliphatic heterocycles. The first kappa shape index (κ1) is 12.2. The number of nitrogen functional groups attached to an aromatic ring is 1. The number of rotatable bonds is 3. The van der Waals surface area contributed by atoms with E-state index in [1.165, 1.54) is 29.3 Å². The van der Waals surface area contributed by atoms with Gasteiger partial charge in [-0.15, -0.1) is 0 Å². The second-order valence-corrected chi connectivity index (χ2v) is 5.56. The smallest absolute Gasteiger partial charge is 0.196 e. The van der Waals surface area contributed by atoms with Crippen molar-refractivity contribution in [3.63, 3.8) is 0 Å². The average molecular weight is 266 g/mol. The summed E-state index contributed by atoms with van der Waals surface area (Å²) < 4.78 is 23.9. The van der Waals surface area contributed by atoms with Gasteiger partial charge in [0, 0.05) is 18.5 Å². The van der Waals surface area contributed by atoms with Crippen LogP contribution in [0.15, 0.2) is 29.6 Å². The van der Waals surface area contributed by atoms with Crippen LogP contribution in [0.2, 0.25) is 0 Å². The van der Waals surface area contributed by atoms with Gasteiger partial charge in [0.05, 0.1) is 12.4 Å². The average Bonchev–Trinajstić information content (AvgIpc) is 2.78. The van der Waals surface area contributed by atoms with Crippen LogP contribution in [0.1, 0.15) is 5.82 Å². The van der Waals surface area contributed by atoms with E-state index < -0.39 is 9.84 Å². The van der Waals surface area contributed by atoms with Crippen molar-refractivity contribution in [2.24, 2.45) is 5.73 Å². The summed E-state index contributed by atoms with van der Waals surface area (Å²) in [5.74, 6) is 0.126. The maximum absolute atomic E-state index is 11.3. The first-order valence-electron chi connectivity index (χ1n) is 4.80. The Morgan fingerprint density at radius 2 is 2.22 bits per heavy atom. The lowest BCUT2D eigenvalue weighted by molar-refractivity contribution is 0.602. The third kappa shape index (κ3) is 2.35. The number of hydrogen-bond acceptors (Lipinski definition) is 6. The van der Waals surface area contributed by atoms with Crippen molar-refractivity contribution in [3.8, 4) is 5.82 Å². The van der Waals surface area contributed by atoms with Crippen molar-refractivity contribution >= 4 is 15.7 Å². The minimum atomic E-state index is -3.31. The molecule has 2 rings (SSSR count). The summed E-state index contributed by atoms with van der Waals surface area (Å²) in [6, 6.07) is 1.53. The van der Waals surface area contributed by atoms with Gasteiger partial charge in [-0.3, -0.25) is 5.41 Å². The van der Waals surface area contributed by atoms with Gasteiger partial charge in [-0.25, -0.2) is 23.1 Å². The number of hydrogen-bond donors (Lipinski definition) is 2. The highest BCUT2D eigenvalue weighted by Gasteiger charge is 2.12. The normalized spacial score (nSPS) is 11.4. The summed E-state index contributed by atoms with van der Waals surface area (Å²) >= 11 is 0. The predicted octanol–water partition coefficient (Wildman–Crippen LogP) is -0.650. The van der Waals surface area contributed by atoms with Gasteiger partial charge in [-0.1, -0.05) is 0 Å². The third-order valence-corrected chi connectivity index (χ3v) is 3.17. The van der Waals surface area contributed by atoms with E-state index in [1.807, 2.05) is 0 Å². The van der Waals surface area contributed by atoms with Crippen LogP contribution in [0.3, 0.4) is 0 Å². The highest BCUT2D eigenvalue weighted by molar-refractivity contribution is 7.90. The number of nitrogens with one attached hydrogen (secondary N) is 1. The summed E-state index contributed by atoms with van der Waals surface area (Å²) in [6.45, 7) is 0. The van der Waals surface area contributed by atoms with E-state index in [0.29, 0.717) is 5.82 Å². The highest BCUT2D eigenvalue weighted by atomic mass is 32.2. The van der Waals surface area contributed by atoms with Crippen LogP contribution < -0.4 is 5.73 Å². The maximum Gasteiger partial charge on any atom is 0.196 e. The van der Waals surface area contributed by atoms with Crippen LogP contribution in [-0.2, 0) is 9.84 Å². The molecule has 0 fully saturated rings. The number of aromatic nitrogens is 4. The van der Waals surface area contributed by atoms with Gasteiger partial charge in [0.15, 0.2) is 27.3 Å². The van der Waals surface area contributed by atoms with Gasteiger partial charge >= 0.3 is 0 Å². The van der Waals surface area contributed by atoms with E-state index in [1.54, 1.807) is 0 Å². The molecule has 0 aliphatic rings. The van der Waals surface area contributed by atoms with E-state index in [-0.39, 0.29) is 16.6 Å². The van der Waals surface area contributed by atoms with Crippen LogP contribution in [0.5, 0.6) is 0 Å². The van der Waals surface area contributed by atoms with Crippen LogP contribution in [0, 0.1) is 5.41 Å². The summed E-state index contributed by atoms with van der Waals surface area (Å²) in [5.41, 5.74) is 5.27. The zero-order chi connectivity index (χ0) is 13.3. The van der Waals surface area contributed by atoms with Gasteiger partial charge in [0.2, 0.25) is 0 Å². The van der Waals surface area contributed by atoms with Crippen molar-refractivity contribution in [1.82, 2.24) is 19.7 Å². The van der Waals surface area contributed by atoms with E-state index >= 15 is 0 Å². The van der Waals surface area contributed by atoms with Gasteiger partial charge in [-0.05, 0) is 0 Å². The largest absolute Gasteiger partial charge is 0.381 e. The molecule has 0 aliphatic carbocycles. The Labute approximate surface area is 103 Å². The lowest BCUT2D eigenvalue weighted by atomic mass is 10.5. The molecular formula is C9H10N6O2S. The Morgan fingerprint density at radius 1 is 1.50 bits per heavy atom. The Hall–Kier alpha value is -2.29.